The number of nitrogens with zero attached hydrogens (tertiary/aromatic N) is 1. The SMILES string of the molecule is COC(=O)CCCN(C)C(=O)Cc1cc(=O)[nH]c(=O)[nH]1. The van der Waals surface area contributed by atoms with Crippen molar-refractivity contribution in [3.05, 3.63) is 32.6 Å². The van der Waals surface area contributed by atoms with Crippen molar-refractivity contribution in [3.8, 4) is 0 Å². The number of hydrogen-bond acceptors (Lipinski definition) is 5. The average Bonchev–Trinajstić information content (AvgIpc) is 2.36. The van der Waals surface area contributed by atoms with Crippen LogP contribution in [0.1, 0.15) is 18.5 Å². The molecule has 0 aliphatic carbocycles. The maximum Gasteiger partial charge on any atom is 0.325 e. The first-order valence-electron chi connectivity index (χ1n) is 6.05. The Bertz CT molecular complexity index is 561. The summed E-state index contributed by atoms with van der Waals surface area (Å²) >= 11 is 0. The Morgan fingerprint density at radius 1 is 1.30 bits per heavy atom. The standard InChI is InChI=1S/C12H17N3O5/c1-15(5-3-4-11(18)20-2)10(17)7-8-6-9(16)14-12(19)13-8/h6H,3-5,7H2,1-2H3,(H2,13,14,16,19). The van der Waals surface area contributed by atoms with Gasteiger partial charge in [-0.05, 0) is 6.42 Å². The van der Waals surface area contributed by atoms with Crippen LogP contribution in [0.3, 0.4) is 0 Å². The molecule has 8 heteroatoms. The van der Waals surface area contributed by atoms with E-state index in [1.807, 2.05) is 4.98 Å². The fraction of sp³-hybridized carbons (Fsp3) is 0.500. The van der Waals surface area contributed by atoms with Crippen LogP contribution in [0.5, 0.6) is 0 Å². The van der Waals surface area contributed by atoms with Crippen LogP contribution >= 0.6 is 0 Å². The van der Waals surface area contributed by atoms with Gasteiger partial charge in [0.15, 0.2) is 0 Å². The van der Waals surface area contributed by atoms with Crippen LogP contribution in [0.2, 0.25) is 0 Å². The molecule has 0 radical (unpaired) electrons. The van der Waals surface area contributed by atoms with Crippen LogP contribution in [-0.2, 0) is 20.7 Å². The van der Waals surface area contributed by atoms with Crippen LogP contribution in [-0.4, -0.2) is 47.4 Å². The Morgan fingerprint density at radius 3 is 2.60 bits per heavy atom. The molecule has 0 saturated heterocycles. The highest BCUT2D eigenvalue weighted by molar-refractivity contribution is 5.78. The van der Waals surface area contributed by atoms with E-state index in [-0.39, 0.29) is 30.4 Å². The molecular formula is C12H17N3O5. The predicted octanol–water partition coefficient (Wildman–Crippen LogP) is -0.983. The molecule has 1 heterocycles. The van der Waals surface area contributed by atoms with E-state index in [1.54, 1.807) is 7.05 Å². The van der Waals surface area contributed by atoms with Crippen molar-refractivity contribution in [3.63, 3.8) is 0 Å². The molecule has 0 unspecified atom stereocenters. The monoisotopic (exact) mass is 283 g/mol. The first-order chi connectivity index (χ1) is 9.42. The van der Waals surface area contributed by atoms with E-state index in [9.17, 15) is 19.2 Å². The minimum Gasteiger partial charge on any atom is -0.469 e. The zero-order chi connectivity index (χ0) is 15.1. The van der Waals surface area contributed by atoms with Crippen LogP contribution in [0.25, 0.3) is 0 Å². The second-order valence-corrected chi connectivity index (χ2v) is 4.28. The van der Waals surface area contributed by atoms with E-state index >= 15 is 0 Å². The number of H-pyrrole nitrogens is 2. The summed E-state index contributed by atoms with van der Waals surface area (Å²) < 4.78 is 4.49. The Morgan fingerprint density at radius 2 is 2.00 bits per heavy atom. The molecule has 0 atom stereocenters. The van der Waals surface area contributed by atoms with Crippen molar-refractivity contribution in [2.75, 3.05) is 20.7 Å². The number of carbonyl (C=O) groups excluding carboxylic acids is 2. The van der Waals surface area contributed by atoms with Crippen molar-refractivity contribution in [2.45, 2.75) is 19.3 Å². The highest BCUT2D eigenvalue weighted by atomic mass is 16.5. The molecule has 0 aliphatic heterocycles. The smallest absolute Gasteiger partial charge is 0.325 e. The summed E-state index contributed by atoms with van der Waals surface area (Å²) in [6.07, 6.45) is 0.644. The molecule has 0 aliphatic rings. The summed E-state index contributed by atoms with van der Waals surface area (Å²) in [5.74, 6) is -0.583. The van der Waals surface area contributed by atoms with Gasteiger partial charge in [-0.2, -0.15) is 0 Å². The number of hydrogen-bond donors (Lipinski definition) is 2. The highest BCUT2D eigenvalue weighted by Gasteiger charge is 2.11. The quantitative estimate of drug-likeness (QED) is 0.651. The lowest BCUT2D eigenvalue weighted by Crippen LogP contribution is -2.31. The number of aromatic amines is 2. The molecule has 0 spiro atoms. The molecule has 110 valence electrons. The maximum absolute atomic E-state index is 11.9. The van der Waals surface area contributed by atoms with E-state index in [0.717, 1.165) is 0 Å². The van der Waals surface area contributed by atoms with Crippen molar-refractivity contribution in [1.82, 2.24) is 14.9 Å². The van der Waals surface area contributed by atoms with Gasteiger partial charge in [-0.15, -0.1) is 0 Å². The summed E-state index contributed by atoms with van der Waals surface area (Å²) in [7, 11) is 2.89. The summed E-state index contributed by atoms with van der Waals surface area (Å²) in [4.78, 5) is 50.8. The number of rotatable bonds is 6. The highest BCUT2D eigenvalue weighted by Crippen LogP contribution is 1.98. The van der Waals surface area contributed by atoms with Crippen LogP contribution in [0.15, 0.2) is 15.7 Å². The van der Waals surface area contributed by atoms with E-state index in [0.29, 0.717) is 13.0 Å². The maximum atomic E-state index is 11.9. The first kappa shape index (κ1) is 15.7. The lowest BCUT2D eigenvalue weighted by atomic mass is 10.2. The number of carbonyl (C=O) groups is 2. The second-order valence-electron chi connectivity index (χ2n) is 4.28. The van der Waals surface area contributed by atoms with Gasteiger partial charge in [-0.1, -0.05) is 0 Å². The molecule has 0 aromatic carbocycles. The molecule has 8 nitrogen and oxygen atoms in total. The number of likely N-dealkylation sites (N-methyl/N-ethyl adjacent to an activating group) is 1. The van der Waals surface area contributed by atoms with Crippen LogP contribution < -0.4 is 11.2 Å². The molecular weight excluding hydrogens is 266 g/mol. The van der Waals surface area contributed by atoms with Gasteiger partial charge in [-0.25, -0.2) is 4.79 Å². The Balaban J connectivity index is 2.51. The topological polar surface area (TPSA) is 112 Å². The van der Waals surface area contributed by atoms with Gasteiger partial charge < -0.3 is 14.6 Å². The molecule has 1 rings (SSSR count). The molecule has 1 aromatic heterocycles. The number of aromatic nitrogens is 2. The van der Waals surface area contributed by atoms with Crippen molar-refractivity contribution >= 4 is 11.9 Å². The molecule has 20 heavy (non-hydrogen) atoms. The third-order valence-electron chi connectivity index (χ3n) is 2.69. The third kappa shape index (κ3) is 5.09. The number of methoxy groups -OCH3 is 1. The van der Waals surface area contributed by atoms with E-state index in [4.69, 9.17) is 0 Å². The summed E-state index contributed by atoms with van der Waals surface area (Å²) in [6.45, 7) is 0.390. The van der Waals surface area contributed by atoms with E-state index in [2.05, 4.69) is 9.72 Å². The second kappa shape index (κ2) is 7.27. The zero-order valence-electron chi connectivity index (χ0n) is 11.4. The minimum absolute atomic E-state index is 0.0755. The molecule has 2 N–H and O–H groups in total. The van der Waals surface area contributed by atoms with Gasteiger partial charge in [0.1, 0.15) is 0 Å². The number of nitrogens with one attached hydrogen (secondary N) is 2. The first-order valence-corrected chi connectivity index (χ1v) is 6.05. The van der Waals surface area contributed by atoms with Crippen molar-refractivity contribution in [2.24, 2.45) is 0 Å². The van der Waals surface area contributed by atoms with Crippen LogP contribution in [0, 0.1) is 0 Å². The lowest BCUT2D eigenvalue weighted by molar-refractivity contribution is -0.141. The summed E-state index contributed by atoms with van der Waals surface area (Å²) in [5, 5.41) is 0. The van der Waals surface area contributed by atoms with Gasteiger partial charge in [0, 0.05) is 31.8 Å². The number of ether oxygens (including phenoxy) is 1. The van der Waals surface area contributed by atoms with Crippen molar-refractivity contribution < 1.29 is 14.3 Å². The predicted molar refractivity (Wildman–Crippen MR) is 70.3 cm³/mol. The molecule has 0 fully saturated rings. The summed E-state index contributed by atoms with van der Waals surface area (Å²) in [5.41, 5.74) is -0.942. The van der Waals surface area contributed by atoms with Gasteiger partial charge in [0.25, 0.3) is 5.56 Å². The third-order valence-corrected chi connectivity index (χ3v) is 2.69. The number of amides is 1. The molecule has 0 bridgehead atoms. The fourth-order valence-corrected chi connectivity index (χ4v) is 1.60. The fourth-order valence-electron chi connectivity index (χ4n) is 1.60. The van der Waals surface area contributed by atoms with E-state index < -0.39 is 11.2 Å². The van der Waals surface area contributed by atoms with Crippen LogP contribution in [0.4, 0.5) is 0 Å². The normalized spacial score (nSPS) is 10.1. The lowest BCUT2D eigenvalue weighted by Gasteiger charge is -2.16. The van der Waals surface area contributed by atoms with Gasteiger partial charge in [0.2, 0.25) is 5.91 Å². The zero-order valence-corrected chi connectivity index (χ0v) is 11.4. The number of esters is 1. The van der Waals surface area contributed by atoms with Crippen molar-refractivity contribution in [1.29, 1.82) is 0 Å². The largest absolute Gasteiger partial charge is 0.469 e. The minimum atomic E-state index is -0.645. The summed E-state index contributed by atoms with van der Waals surface area (Å²) in [6, 6.07) is 1.17. The Kier molecular flexibility index (Phi) is 5.70. The van der Waals surface area contributed by atoms with Gasteiger partial charge in [0.05, 0.1) is 13.5 Å². The Labute approximate surface area is 114 Å². The van der Waals surface area contributed by atoms with Gasteiger partial charge >= 0.3 is 11.7 Å². The Hall–Kier alpha value is -2.38. The molecule has 0 saturated carbocycles. The average molecular weight is 283 g/mol. The van der Waals surface area contributed by atoms with Gasteiger partial charge in [-0.3, -0.25) is 19.4 Å². The molecule has 1 amide bonds. The van der Waals surface area contributed by atoms with E-state index in [1.165, 1.54) is 18.1 Å². The molecule has 1 aromatic rings.